The largest absolute Gasteiger partial charge is 0.391 e. The number of oxime groups is 1. The van der Waals surface area contributed by atoms with Crippen molar-refractivity contribution in [2.45, 2.75) is 25.9 Å². The first-order valence-electron chi connectivity index (χ1n) is 5.14. The highest BCUT2D eigenvalue weighted by atomic mass is 16.6. The average molecular weight is 189 g/mol. The third kappa shape index (κ3) is 2.59. The number of hydrogen-bond donors (Lipinski definition) is 0. The lowest BCUT2D eigenvalue weighted by molar-refractivity contribution is 0.129. The van der Waals surface area contributed by atoms with Gasteiger partial charge in [0.1, 0.15) is 6.61 Å². The molecule has 1 aliphatic rings. The fraction of sp³-hybridized carbons (Fsp3) is 0.417. The van der Waals surface area contributed by atoms with Crippen LogP contribution in [0.3, 0.4) is 0 Å². The minimum atomic E-state index is 0.573. The molecule has 74 valence electrons. The maximum Gasteiger partial charge on any atom is 0.142 e. The molecule has 0 saturated heterocycles. The molecule has 2 heteroatoms. The second kappa shape index (κ2) is 4.80. The molecule has 0 aliphatic heterocycles. The molecule has 2 nitrogen and oxygen atoms in total. The van der Waals surface area contributed by atoms with Gasteiger partial charge in [0.25, 0.3) is 0 Å². The lowest BCUT2D eigenvalue weighted by Crippen LogP contribution is -2.11. The van der Waals surface area contributed by atoms with Crippen molar-refractivity contribution in [3.63, 3.8) is 0 Å². The zero-order valence-electron chi connectivity index (χ0n) is 8.23. The van der Waals surface area contributed by atoms with Gasteiger partial charge < -0.3 is 4.84 Å². The van der Waals surface area contributed by atoms with Crippen LogP contribution in [0.25, 0.3) is 0 Å². The second-order valence-corrected chi connectivity index (χ2v) is 3.70. The van der Waals surface area contributed by atoms with Crippen LogP contribution in [0.4, 0.5) is 0 Å². The van der Waals surface area contributed by atoms with Crippen LogP contribution >= 0.6 is 0 Å². The van der Waals surface area contributed by atoms with Crippen LogP contribution in [0.2, 0.25) is 0 Å². The van der Waals surface area contributed by atoms with E-state index in [1.54, 1.807) is 0 Å². The smallest absolute Gasteiger partial charge is 0.142 e. The predicted molar refractivity (Wildman–Crippen MR) is 57.1 cm³/mol. The summed E-state index contributed by atoms with van der Waals surface area (Å²) in [4.78, 5) is 5.20. The van der Waals surface area contributed by atoms with Crippen LogP contribution in [0.15, 0.2) is 35.5 Å². The highest BCUT2D eigenvalue weighted by Crippen LogP contribution is 2.24. The van der Waals surface area contributed by atoms with Gasteiger partial charge in [-0.1, -0.05) is 41.9 Å². The average Bonchev–Trinajstić information content (AvgIpc) is 2.16. The monoisotopic (exact) mass is 189 g/mol. The maximum absolute atomic E-state index is 5.20. The maximum atomic E-state index is 5.20. The lowest BCUT2D eigenvalue weighted by Gasteiger charge is -2.19. The fourth-order valence-electron chi connectivity index (χ4n) is 1.40. The van der Waals surface area contributed by atoms with Crippen molar-refractivity contribution in [3.8, 4) is 0 Å². The van der Waals surface area contributed by atoms with Crippen molar-refractivity contribution in [1.82, 2.24) is 0 Å². The normalized spacial score (nSPS) is 16.9. The van der Waals surface area contributed by atoms with Crippen molar-refractivity contribution in [1.29, 1.82) is 0 Å². The second-order valence-electron chi connectivity index (χ2n) is 3.70. The topological polar surface area (TPSA) is 21.6 Å². The van der Waals surface area contributed by atoms with Gasteiger partial charge >= 0.3 is 0 Å². The van der Waals surface area contributed by atoms with Gasteiger partial charge in [0.05, 0.1) is 0 Å². The van der Waals surface area contributed by atoms with Crippen molar-refractivity contribution < 1.29 is 4.84 Å². The minimum Gasteiger partial charge on any atom is -0.391 e. The zero-order valence-corrected chi connectivity index (χ0v) is 8.23. The first kappa shape index (κ1) is 9.25. The number of benzene rings is 1. The van der Waals surface area contributed by atoms with Gasteiger partial charge in [-0.2, -0.15) is 0 Å². The molecule has 0 atom stereocenters. The molecule has 1 fully saturated rings. The fourth-order valence-corrected chi connectivity index (χ4v) is 1.40. The van der Waals surface area contributed by atoms with Crippen LogP contribution in [0.1, 0.15) is 24.8 Å². The van der Waals surface area contributed by atoms with Gasteiger partial charge in [-0.25, -0.2) is 0 Å². The zero-order chi connectivity index (χ0) is 9.64. The van der Waals surface area contributed by atoms with Gasteiger partial charge in [0.2, 0.25) is 0 Å². The minimum absolute atomic E-state index is 0.573. The van der Waals surface area contributed by atoms with Crippen LogP contribution < -0.4 is 0 Å². The Morgan fingerprint density at radius 2 is 2.07 bits per heavy atom. The van der Waals surface area contributed by atoms with Gasteiger partial charge in [-0.15, -0.1) is 0 Å². The molecule has 0 radical (unpaired) electrons. The van der Waals surface area contributed by atoms with E-state index in [9.17, 15) is 0 Å². The predicted octanol–water partition coefficient (Wildman–Crippen LogP) is 2.99. The molecule has 0 heterocycles. The summed E-state index contributed by atoms with van der Waals surface area (Å²) in [5, 5.41) is 3.96. The summed E-state index contributed by atoms with van der Waals surface area (Å²) in [5.41, 5.74) is 1.17. The molecule has 14 heavy (non-hydrogen) atoms. The van der Waals surface area contributed by atoms with E-state index in [4.69, 9.17) is 4.84 Å². The molecule has 0 bridgehead atoms. The number of nitrogens with zero attached hydrogens (tertiary/aromatic N) is 1. The lowest BCUT2D eigenvalue weighted by atomic mass is 9.87. The Kier molecular flexibility index (Phi) is 3.17. The molecule has 0 amide bonds. The summed E-state index contributed by atoms with van der Waals surface area (Å²) >= 11 is 0. The Morgan fingerprint density at radius 3 is 2.71 bits per heavy atom. The van der Waals surface area contributed by atoms with Crippen LogP contribution in [0.5, 0.6) is 0 Å². The van der Waals surface area contributed by atoms with Crippen molar-refractivity contribution in [2.75, 3.05) is 0 Å². The van der Waals surface area contributed by atoms with Crippen LogP contribution in [-0.2, 0) is 11.4 Å². The molecular formula is C12H15NO. The summed E-state index contributed by atoms with van der Waals surface area (Å²) in [6, 6.07) is 10.1. The van der Waals surface area contributed by atoms with Crippen LogP contribution in [0, 0.1) is 5.92 Å². The van der Waals surface area contributed by atoms with Gasteiger partial charge in [0.15, 0.2) is 0 Å². The first-order valence-corrected chi connectivity index (χ1v) is 5.14. The highest BCUT2D eigenvalue weighted by molar-refractivity contribution is 5.60. The molecule has 1 aromatic carbocycles. The molecule has 0 N–H and O–H groups in total. The highest BCUT2D eigenvalue weighted by Gasteiger charge is 2.14. The molecule has 0 aromatic heterocycles. The van der Waals surface area contributed by atoms with Crippen molar-refractivity contribution in [2.24, 2.45) is 11.1 Å². The molecule has 1 aliphatic carbocycles. The Labute approximate surface area is 84.6 Å². The quantitative estimate of drug-likeness (QED) is 0.527. The van der Waals surface area contributed by atoms with Gasteiger partial charge in [0, 0.05) is 6.21 Å². The van der Waals surface area contributed by atoms with Gasteiger partial charge in [-0.05, 0) is 24.3 Å². The first-order chi connectivity index (χ1) is 6.95. The number of hydrogen-bond acceptors (Lipinski definition) is 2. The Morgan fingerprint density at radius 1 is 1.29 bits per heavy atom. The summed E-state index contributed by atoms with van der Waals surface area (Å²) < 4.78 is 0. The number of rotatable bonds is 4. The van der Waals surface area contributed by atoms with E-state index in [-0.39, 0.29) is 0 Å². The van der Waals surface area contributed by atoms with E-state index in [0.717, 1.165) is 0 Å². The molecule has 1 saturated carbocycles. The van der Waals surface area contributed by atoms with E-state index < -0.39 is 0 Å². The van der Waals surface area contributed by atoms with Crippen LogP contribution in [-0.4, -0.2) is 6.21 Å². The van der Waals surface area contributed by atoms with Gasteiger partial charge in [-0.3, -0.25) is 0 Å². The van der Waals surface area contributed by atoms with Crippen molar-refractivity contribution >= 4 is 6.21 Å². The molecular weight excluding hydrogens is 174 g/mol. The Bertz CT molecular complexity index is 290. The molecule has 0 spiro atoms. The SMILES string of the molecule is C(=NOCc1ccccc1)C1CCC1. The van der Waals surface area contributed by atoms with E-state index >= 15 is 0 Å². The Hall–Kier alpha value is -1.31. The van der Waals surface area contributed by atoms with E-state index in [2.05, 4.69) is 5.16 Å². The standard InChI is InChI=1S/C12H15NO/c1-2-5-12(6-3-1)10-14-13-9-11-7-4-8-11/h1-3,5-6,9,11H,4,7-8,10H2. The van der Waals surface area contributed by atoms with E-state index in [0.29, 0.717) is 12.5 Å². The third-order valence-electron chi connectivity index (χ3n) is 2.57. The van der Waals surface area contributed by atoms with E-state index in [1.165, 1.54) is 24.8 Å². The molecule has 1 aromatic rings. The summed E-state index contributed by atoms with van der Waals surface area (Å²) in [7, 11) is 0. The summed E-state index contributed by atoms with van der Waals surface area (Å²) in [6.45, 7) is 0.573. The van der Waals surface area contributed by atoms with E-state index in [1.807, 2.05) is 36.5 Å². The molecule has 2 rings (SSSR count). The summed E-state index contributed by atoms with van der Waals surface area (Å²) in [6.07, 6.45) is 5.83. The molecule has 0 unspecified atom stereocenters. The van der Waals surface area contributed by atoms with Crippen molar-refractivity contribution in [3.05, 3.63) is 35.9 Å². The summed E-state index contributed by atoms with van der Waals surface area (Å²) in [5.74, 6) is 0.672. The third-order valence-corrected chi connectivity index (χ3v) is 2.57. The Balaban J connectivity index is 1.69.